The van der Waals surface area contributed by atoms with Crippen LogP contribution in [0.3, 0.4) is 0 Å². The molecule has 1 aromatic rings. The summed E-state index contributed by atoms with van der Waals surface area (Å²) in [6.07, 6.45) is 0.628. The highest BCUT2D eigenvalue weighted by molar-refractivity contribution is 5.91. The number of carbonyl (C=O) groups excluding carboxylic acids is 1. The highest BCUT2D eigenvalue weighted by Gasteiger charge is 2.17. The van der Waals surface area contributed by atoms with Crippen LogP contribution in [0.4, 0.5) is 0 Å². The van der Waals surface area contributed by atoms with Crippen LogP contribution in [0, 0.1) is 0 Å². The lowest BCUT2D eigenvalue weighted by Gasteiger charge is -2.19. The monoisotopic (exact) mass is 214 g/mol. The number of likely N-dealkylation sites (N-methyl/N-ethyl adjacent to an activating group) is 1. The van der Waals surface area contributed by atoms with E-state index in [4.69, 9.17) is 4.74 Å². The van der Waals surface area contributed by atoms with Gasteiger partial charge in [0.2, 0.25) is 0 Å². The van der Waals surface area contributed by atoms with Crippen molar-refractivity contribution in [1.29, 1.82) is 0 Å². The van der Waals surface area contributed by atoms with Crippen molar-refractivity contribution in [2.24, 2.45) is 0 Å². The number of carbonyl (C=O) groups is 1. The predicted molar refractivity (Wildman–Crippen MR) is 51.3 cm³/mol. The molecule has 1 amide bonds. The number of methoxy groups -OCH3 is 1. The first-order valence-electron chi connectivity index (χ1n) is 4.48. The number of nitrogens with zero attached hydrogens (tertiary/aromatic N) is 2. The summed E-state index contributed by atoms with van der Waals surface area (Å²) in [5, 5.41) is 12.9. The molecule has 1 atom stereocenters. The normalized spacial score (nSPS) is 12.5. The zero-order chi connectivity index (χ0) is 11.3. The van der Waals surface area contributed by atoms with Crippen molar-refractivity contribution in [2.75, 3.05) is 27.3 Å². The molecule has 0 aliphatic rings. The summed E-state index contributed by atoms with van der Waals surface area (Å²) in [7, 11) is 3.07. The third-order valence-electron chi connectivity index (χ3n) is 1.85. The van der Waals surface area contributed by atoms with E-state index in [2.05, 4.69) is 9.68 Å². The van der Waals surface area contributed by atoms with Gasteiger partial charge in [-0.25, -0.2) is 0 Å². The Morgan fingerprint density at radius 3 is 3.07 bits per heavy atom. The third-order valence-corrected chi connectivity index (χ3v) is 1.85. The molecule has 1 heterocycles. The van der Waals surface area contributed by atoms with Gasteiger partial charge in [0.15, 0.2) is 5.69 Å². The first kappa shape index (κ1) is 11.7. The molecule has 0 saturated heterocycles. The lowest BCUT2D eigenvalue weighted by molar-refractivity contribution is 0.0376. The lowest BCUT2D eigenvalue weighted by Crippen LogP contribution is -2.36. The molecule has 0 saturated carbocycles. The summed E-state index contributed by atoms with van der Waals surface area (Å²) in [5.41, 5.74) is 0.224. The maximum atomic E-state index is 11.6. The molecule has 0 radical (unpaired) electrons. The molecule has 1 N–H and O–H groups in total. The zero-order valence-electron chi connectivity index (χ0n) is 8.71. The molecule has 0 aliphatic heterocycles. The SMILES string of the molecule is COCC(O)CN(C)C(=O)c1ccon1. The van der Waals surface area contributed by atoms with Crippen LogP contribution < -0.4 is 0 Å². The van der Waals surface area contributed by atoms with E-state index in [-0.39, 0.29) is 24.8 Å². The number of hydrogen-bond acceptors (Lipinski definition) is 5. The van der Waals surface area contributed by atoms with Gasteiger partial charge in [-0.15, -0.1) is 0 Å². The van der Waals surface area contributed by atoms with Crippen LogP contribution in [0.1, 0.15) is 10.5 Å². The van der Waals surface area contributed by atoms with Gasteiger partial charge in [-0.3, -0.25) is 4.79 Å². The number of aromatic nitrogens is 1. The Labute approximate surface area is 87.4 Å². The van der Waals surface area contributed by atoms with E-state index < -0.39 is 6.10 Å². The first-order valence-corrected chi connectivity index (χ1v) is 4.48. The molecular formula is C9H14N2O4. The number of aliphatic hydroxyl groups excluding tert-OH is 1. The van der Waals surface area contributed by atoms with E-state index in [1.165, 1.54) is 24.3 Å². The largest absolute Gasteiger partial charge is 0.389 e. The number of hydrogen-bond donors (Lipinski definition) is 1. The average Bonchev–Trinajstić information content (AvgIpc) is 2.69. The molecule has 6 heteroatoms. The second kappa shape index (κ2) is 5.47. The minimum Gasteiger partial charge on any atom is -0.389 e. The second-order valence-electron chi connectivity index (χ2n) is 3.18. The first-order chi connectivity index (χ1) is 7.15. The minimum atomic E-state index is -0.698. The zero-order valence-corrected chi connectivity index (χ0v) is 8.71. The molecule has 1 unspecified atom stereocenters. The Kier molecular flexibility index (Phi) is 4.26. The number of aliphatic hydroxyl groups is 1. The van der Waals surface area contributed by atoms with Gasteiger partial charge in [0.05, 0.1) is 12.7 Å². The smallest absolute Gasteiger partial charge is 0.275 e. The van der Waals surface area contributed by atoms with E-state index in [1.54, 1.807) is 7.05 Å². The third kappa shape index (κ3) is 3.34. The molecular weight excluding hydrogens is 200 g/mol. The highest BCUT2D eigenvalue weighted by Crippen LogP contribution is 2.01. The minimum absolute atomic E-state index is 0.191. The summed E-state index contributed by atoms with van der Waals surface area (Å²) in [4.78, 5) is 13.0. The van der Waals surface area contributed by atoms with E-state index >= 15 is 0 Å². The summed E-state index contributed by atoms with van der Waals surface area (Å²) in [5.74, 6) is -0.293. The van der Waals surface area contributed by atoms with Gasteiger partial charge in [-0.05, 0) is 0 Å². The predicted octanol–water partition coefficient (Wildman–Crippen LogP) is -0.246. The molecule has 0 aliphatic carbocycles. The second-order valence-corrected chi connectivity index (χ2v) is 3.18. The van der Waals surface area contributed by atoms with Gasteiger partial charge < -0.3 is 19.3 Å². The Hall–Kier alpha value is -1.40. The summed E-state index contributed by atoms with van der Waals surface area (Å²) in [6.45, 7) is 0.385. The van der Waals surface area contributed by atoms with Crippen molar-refractivity contribution in [3.05, 3.63) is 18.0 Å². The Bertz CT molecular complexity index is 299. The van der Waals surface area contributed by atoms with Crippen LogP contribution in [-0.4, -0.2) is 54.5 Å². The van der Waals surface area contributed by atoms with Gasteiger partial charge >= 0.3 is 0 Å². The van der Waals surface area contributed by atoms with Crippen molar-refractivity contribution in [1.82, 2.24) is 10.1 Å². The van der Waals surface area contributed by atoms with Crippen molar-refractivity contribution in [3.63, 3.8) is 0 Å². The van der Waals surface area contributed by atoms with Gasteiger partial charge in [-0.2, -0.15) is 0 Å². The van der Waals surface area contributed by atoms with E-state index in [0.29, 0.717) is 0 Å². The molecule has 0 bridgehead atoms. The Balaban J connectivity index is 2.47. The van der Waals surface area contributed by atoms with Gasteiger partial charge in [0, 0.05) is 26.8 Å². The average molecular weight is 214 g/mol. The number of rotatable bonds is 5. The molecule has 0 aromatic carbocycles. The van der Waals surface area contributed by atoms with Crippen molar-refractivity contribution >= 4 is 5.91 Å². The molecule has 84 valence electrons. The van der Waals surface area contributed by atoms with Gasteiger partial charge in [0.1, 0.15) is 6.26 Å². The van der Waals surface area contributed by atoms with Crippen LogP contribution >= 0.6 is 0 Å². The van der Waals surface area contributed by atoms with Gasteiger partial charge in [0.25, 0.3) is 5.91 Å². The van der Waals surface area contributed by atoms with Crippen LogP contribution in [0.15, 0.2) is 16.9 Å². The number of ether oxygens (including phenoxy) is 1. The molecule has 15 heavy (non-hydrogen) atoms. The fourth-order valence-electron chi connectivity index (χ4n) is 1.16. The molecule has 1 rings (SSSR count). The van der Waals surface area contributed by atoms with E-state index in [9.17, 15) is 9.90 Å². The summed E-state index contributed by atoms with van der Waals surface area (Å²) < 4.78 is 9.31. The molecule has 0 fully saturated rings. The molecule has 6 nitrogen and oxygen atoms in total. The van der Waals surface area contributed by atoms with Crippen LogP contribution in [-0.2, 0) is 4.74 Å². The summed E-state index contributed by atoms with van der Waals surface area (Å²) >= 11 is 0. The van der Waals surface area contributed by atoms with Crippen molar-refractivity contribution < 1.29 is 19.2 Å². The number of amides is 1. The Morgan fingerprint density at radius 1 is 1.80 bits per heavy atom. The van der Waals surface area contributed by atoms with Crippen molar-refractivity contribution in [2.45, 2.75) is 6.10 Å². The van der Waals surface area contributed by atoms with Crippen LogP contribution in [0.5, 0.6) is 0 Å². The van der Waals surface area contributed by atoms with Crippen molar-refractivity contribution in [3.8, 4) is 0 Å². The fourth-order valence-corrected chi connectivity index (χ4v) is 1.16. The lowest BCUT2D eigenvalue weighted by atomic mass is 10.3. The maximum Gasteiger partial charge on any atom is 0.275 e. The standard InChI is InChI=1S/C9H14N2O4/c1-11(5-7(12)6-14-2)9(13)8-3-4-15-10-8/h3-4,7,12H,5-6H2,1-2H3. The van der Waals surface area contributed by atoms with Crippen LogP contribution in [0.2, 0.25) is 0 Å². The van der Waals surface area contributed by atoms with E-state index in [0.717, 1.165) is 0 Å². The topological polar surface area (TPSA) is 75.8 Å². The quantitative estimate of drug-likeness (QED) is 0.731. The Morgan fingerprint density at radius 2 is 2.53 bits per heavy atom. The molecule has 0 spiro atoms. The van der Waals surface area contributed by atoms with Gasteiger partial charge in [-0.1, -0.05) is 5.16 Å². The molecule has 1 aromatic heterocycles. The maximum absolute atomic E-state index is 11.6. The summed E-state index contributed by atoms with van der Waals surface area (Å²) in [6, 6.07) is 1.47. The van der Waals surface area contributed by atoms with E-state index in [1.807, 2.05) is 0 Å². The fraction of sp³-hybridized carbons (Fsp3) is 0.556. The highest BCUT2D eigenvalue weighted by atomic mass is 16.5. The van der Waals surface area contributed by atoms with Crippen LogP contribution in [0.25, 0.3) is 0 Å².